The zero-order valence-electron chi connectivity index (χ0n) is 20.8. The zero-order valence-corrected chi connectivity index (χ0v) is 20.8. The lowest BCUT2D eigenvalue weighted by Gasteiger charge is -2.35. The van der Waals surface area contributed by atoms with E-state index in [2.05, 4.69) is 33.2 Å². The van der Waals surface area contributed by atoms with E-state index >= 15 is 0 Å². The van der Waals surface area contributed by atoms with Crippen molar-refractivity contribution in [2.75, 3.05) is 0 Å². The average molecular weight is 485 g/mol. The monoisotopic (exact) mass is 485 g/mol. The third kappa shape index (κ3) is 4.22. The summed E-state index contributed by atoms with van der Waals surface area (Å²) in [6, 6.07) is 18.1. The lowest BCUT2D eigenvalue weighted by atomic mass is 9.90. The average Bonchev–Trinajstić information content (AvgIpc) is 3.62. The SMILES string of the molecule is Cc1cc(-c2cccnc2)n([B-](n2nc(C)cc2-c2cccnc2)n2nc(C)cc2-c2cccnc2)n1. The molecule has 6 rings (SSSR count). The molecule has 0 spiro atoms. The van der Waals surface area contributed by atoms with Gasteiger partial charge in [-0.3, -0.25) is 15.0 Å². The molecule has 0 saturated heterocycles. The molecule has 1 radical (unpaired) electrons. The first kappa shape index (κ1) is 22.6. The number of rotatable bonds is 6. The number of pyridine rings is 3. The molecule has 0 amide bonds. The van der Waals surface area contributed by atoms with E-state index in [1.807, 2.05) is 89.5 Å². The Morgan fingerprint density at radius 2 is 0.838 bits per heavy atom. The Bertz CT molecular complexity index is 1460. The summed E-state index contributed by atoms with van der Waals surface area (Å²) in [6.45, 7) is 5.96. The van der Waals surface area contributed by atoms with Crippen LogP contribution in [0.5, 0.6) is 0 Å². The molecule has 0 aromatic carbocycles. The Labute approximate surface area is 214 Å². The van der Waals surface area contributed by atoms with E-state index < -0.39 is 7.12 Å². The molecule has 0 unspecified atom stereocenters. The lowest BCUT2D eigenvalue weighted by Crippen LogP contribution is -2.45. The Morgan fingerprint density at radius 1 is 0.514 bits per heavy atom. The van der Waals surface area contributed by atoms with Gasteiger partial charge >= 0.3 is 0 Å². The minimum absolute atomic E-state index is 0.559. The molecule has 0 saturated carbocycles. The number of nitrogens with zero attached hydrogens (tertiary/aromatic N) is 9. The second-order valence-electron chi connectivity index (χ2n) is 8.92. The van der Waals surface area contributed by atoms with Gasteiger partial charge in [0.05, 0.1) is 17.1 Å². The van der Waals surface area contributed by atoms with E-state index in [0.29, 0.717) is 0 Å². The van der Waals surface area contributed by atoms with Gasteiger partial charge < -0.3 is 13.8 Å². The second kappa shape index (κ2) is 9.31. The molecule has 0 N–H and O–H groups in total. The van der Waals surface area contributed by atoms with Crippen molar-refractivity contribution in [1.29, 1.82) is 0 Å². The molecule has 0 aliphatic rings. The highest BCUT2D eigenvalue weighted by atomic mass is 15.5. The zero-order chi connectivity index (χ0) is 25.4. The summed E-state index contributed by atoms with van der Waals surface area (Å²) >= 11 is 0. The van der Waals surface area contributed by atoms with Gasteiger partial charge in [0, 0.05) is 71.0 Å². The maximum Gasteiger partial charge on any atom is 0.262 e. The Kier molecular flexibility index (Phi) is 5.68. The summed E-state index contributed by atoms with van der Waals surface area (Å²) in [5, 5.41) is 14.9. The highest BCUT2D eigenvalue weighted by Crippen LogP contribution is 2.27. The van der Waals surface area contributed by atoms with E-state index in [1.165, 1.54) is 0 Å². The third-order valence-corrected chi connectivity index (χ3v) is 6.10. The molecule has 0 fully saturated rings. The largest absolute Gasteiger partial charge is 0.418 e. The highest BCUT2D eigenvalue weighted by Gasteiger charge is 2.22. The first-order chi connectivity index (χ1) is 18.1. The van der Waals surface area contributed by atoms with Crippen LogP contribution in [0.25, 0.3) is 33.8 Å². The molecule has 6 heterocycles. The van der Waals surface area contributed by atoms with Crippen LogP contribution in [0.1, 0.15) is 17.1 Å². The van der Waals surface area contributed by atoms with E-state index in [0.717, 1.165) is 50.9 Å². The molecule has 0 aliphatic carbocycles. The smallest absolute Gasteiger partial charge is 0.262 e. The highest BCUT2D eigenvalue weighted by molar-refractivity contribution is 6.54. The minimum Gasteiger partial charge on any atom is -0.418 e. The quantitative estimate of drug-likeness (QED) is 0.327. The van der Waals surface area contributed by atoms with Crippen LogP contribution in [-0.2, 0) is 0 Å². The third-order valence-electron chi connectivity index (χ3n) is 6.10. The van der Waals surface area contributed by atoms with Crippen LogP contribution in [0, 0.1) is 20.8 Å². The molecule has 9 nitrogen and oxygen atoms in total. The van der Waals surface area contributed by atoms with Crippen molar-refractivity contribution < 1.29 is 0 Å². The van der Waals surface area contributed by atoms with Crippen molar-refractivity contribution in [2.24, 2.45) is 0 Å². The molecule has 37 heavy (non-hydrogen) atoms. The molecule has 181 valence electrons. The van der Waals surface area contributed by atoms with Crippen molar-refractivity contribution in [3.63, 3.8) is 0 Å². The summed E-state index contributed by atoms with van der Waals surface area (Å²) in [5.41, 5.74) is 8.21. The molecule has 6 aromatic heterocycles. The van der Waals surface area contributed by atoms with Gasteiger partial charge in [0.15, 0.2) is 0 Å². The van der Waals surface area contributed by atoms with Gasteiger partial charge in [0.25, 0.3) is 7.12 Å². The fraction of sp³-hybridized carbons (Fsp3) is 0.111. The van der Waals surface area contributed by atoms with Crippen molar-refractivity contribution in [3.05, 3.63) is 109 Å². The van der Waals surface area contributed by atoms with Gasteiger partial charge in [-0.05, 0) is 75.4 Å². The van der Waals surface area contributed by atoms with E-state index in [9.17, 15) is 0 Å². The summed E-state index contributed by atoms with van der Waals surface area (Å²) in [6.07, 6.45) is 10.8. The number of aryl methyl sites for hydroxylation is 3. The van der Waals surface area contributed by atoms with E-state index in [4.69, 9.17) is 15.3 Å². The first-order valence-corrected chi connectivity index (χ1v) is 12.0. The summed E-state index contributed by atoms with van der Waals surface area (Å²) in [5.74, 6) is 0. The second-order valence-corrected chi connectivity index (χ2v) is 8.92. The fourth-order valence-corrected chi connectivity index (χ4v) is 4.58. The number of hydrogen-bond donors (Lipinski definition) is 0. The lowest BCUT2D eigenvalue weighted by molar-refractivity contribution is 0.767. The van der Waals surface area contributed by atoms with Crippen LogP contribution in [0.3, 0.4) is 0 Å². The van der Waals surface area contributed by atoms with Crippen molar-refractivity contribution >= 4 is 7.12 Å². The molecule has 0 aliphatic heterocycles. The summed E-state index contributed by atoms with van der Waals surface area (Å²) < 4.78 is 5.89. The summed E-state index contributed by atoms with van der Waals surface area (Å²) in [7, 11) is -0.559. The van der Waals surface area contributed by atoms with Crippen molar-refractivity contribution in [2.45, 2.75) is 20.8 Å². The molecule has 10 heteroatoms. The predicted molar refractivity (Wildman–Crippen MR) is 143 cm³/mol. The fourth-order valence-electron chi connectivity index (χ4n) is 4.58. The van der Waals surface area contributed by atoms with Gasteiger partial charge in [-0.25, -0.2) is 15.3 Å². The van der Waals surface area contributed by atoms with Crippen LogP contribution in [-0.4, -0.2) is 51.1 Å². The van der Waals surface area contributed by atoms with Crippen LogP contribution in [0.15, 0.2) is 91.8 Å². The maximum atomic E-state index is 4.96. The molecule has 0 bridgehead atoms. The number of aromatic nitrogens is 9. The van der Waals surface area contributed by atoms with Crippen molar-refractivity contribution in [1.82, 2.24) is 44.0 Å². The molecule has 0 atom stereocenters. The Balaban J connectivity index is 1.66. The van der Waals surface area contributed by atoms with Crippen LogP contribution in [0.4, 0.5) is 0 Å². The van der Waals surface area contributed by atoms with Crippen LogP contribution in [0.2, 0.25) is 0 Å². The van der Waals surface area contributed by atoms with Crippen LogP contribution < -0.4 is 0 Å². The molecular formula is C27H24BN9-. The van der Waals surface area contributed by atoms with Gasteiger partial charge in [0.2, 0.25) is 0 Å². The van der Waals surface area contributed by atoms with Crippen molar-refractivity contribution in [3.8, 4) is 33.8 Å². The van der Waals surface area contributed by atoms with Gasteiger partial charge in [-0.2, -0.15) is 0 Å². The first-order valence-electron chi connectivity index (χ1n) is 12.0. The molecular weight excluding hydrogens is 461 g/mol. The summed E-state index contributed by atoms with van der Waals surface area (Å²) in [4.78, 5) is 13.1. The Morgan fingerprint density at radius 3 is 1.11 bits per heavy atom. The Hall–Kier alpha value is -4.86. The van der Waals surface area contributed by atoms with E-state index in [1.54, 1.807) is 18.6 Å². The normalized spacial score (nSPS) is 11.4. The number of hydrogen-bond acceptors (Lipinski definition) is 6. The maximum absolute atomic E-state index is 4.96. The standard InChI is InChI=1S/C27H24BN9/c1-19-13-25(22-7-4-10-29-16-22)35(32-19)28(36-26(14-20(2)33-36)23-8-5-11-30-17-23)37-27(15-21(3)34-37)24-9-6-12-31-18-24/h4-18H,1-3H3/q-1. The van der Waals surface area contributed by atoms with Crippen LogP contribution >= 0.6 is 0 Å². The van der Waals surface area contributed by atoms with Gasteiger partial charge in [-0.1, -0.05) is 0 Å². The predicted octanol–water partition coefficient (Wildman–Crippen LogP) is 4.32. The minimum atomic E-state index is -0.559. The van der Waals surface area contributed by atoms with Gasteiger partial charge in [0.1, 0.15) is 0 Å². The topological polar surface area (TPSA) is 92.1 Å². The van der Waals surface area contributed by atoms with Gasteiger partial charge in [-0.15, -0.1) is 0 Å². The molecule has 6 aromatic rings. The van der Waals surface area contributed by atoms with E-state index in [-0.39, 0.29) is 0 Å².